The molecule has 0 saturated heterocycles. The maximum Gasteiger partial charge on any atom is 0.319 e. The van der Waals surface area contributed by atoms with Crippen molar-refractivity contribution in [1.29, 1.82) is 0 Å². The number of amides is 3. The molecule has 0 saturated carbocycles. The summed E-state index contributed by atoms with van der Waals surface area (Å²) in [6.45, 7) is 4.52. The van der Waals surface area contributed by atoms with Crippen molar-refractivity contribution >= 4 is 28.5 Å². The van der Waals surface area contributed by atoms with E-state index in [0.29, 0.717) is 28.7 Å². The van der Waals surface area contributed by atoms with Gasteiger partial charge >= 0.3 is 6.03 Å². The van der Waals surface area contributed by atoms with Gasteiger partial charge in [0.15, 0.2) is 0 Å². The third kappa shape index (κ3) is 4.11. The minimum absolute atomic E-state index is 0.279. The topological polar surface area (TPSA) is 97.1 Å². The molecule has 0 fully saturated rings. The first kappa shape index (κ1) is 19.4. The molecular weight excluding hydrogens is 352 g/mol. The molecule has 0 atom stereocenters. The number of nitrogens with zero attached hydrogens (tertiary/aromatic N) is 1. The molecule has 0 spiro atoms. The van der Waals surface area contributed by atoms with Crippen LogP contribution in [0, 0.1) is 6.92 Å². The van der Waals surface area contributed by atoms with Crippen LogP contribution in [0.3, 0.4) is 0 Å². The number of primary amides is 1. The van der Waals surface area contributed by atoms with Crippen molar-refractivity contribution in [2.24, 2.45) is 5.73 Å². The SMILES string of the molecule is CCCCNC(=O)Nc1ccc2nc(-c3ccccc3)c(C)c(C(N)=O)c2c1. The van der Waals surface area contributed by atoms with Crippen LogP contribution < -0.4 is 16.4 Å². The minimum atomic E-state index is -0.522. The number of nitrogens with two attached hydrogens (primary N) is 1. The van der Waals surface area contributed by atoms with Gasteiger partial charge in [-0.15, -0.1) is 0 Å². The summed E-state index contributed by atoms with van der Waals surface area (Å²) in [7, 11) is 0. The molecule has 1 heterocycles. The number of fused-ring (bicyclic) bond motifs is 1. The van der Waals surface area contributed by atoms with Crippen LogP contribution in [0.25, 0.3) is 22.2 Å². The summed E-state index contributed by atoms with van der Waals surface area (Å²) in [6, 6.07) is 14.7. The molecular formula is C22H24N4O2. The molecule has 6 heteroatoms. The van der Waals surface area contributed by atoms with E-state index in [9.17, 15) is 9.59 Å². The number of urea groups is 1. The van der Waals surface area contributed by atoms with Crippen LogP contribution in [0.4, 0.5) is 10.5 Å². The number of carbonyl (C=O) groups excluding carboxylic acids is 2. The van der Waals surface area contributed by atoms with Gasteiger partial charge in [0.05, 0.1) is 16.8 Å². The first-order valence-electron chi connectivity index (χ1n) is 9.35. The lowest BCUT2D eigenvalue weighted by Crippen LogP contribution is -2.29. The van der Waals surface area contributed by atoms with E-state index in [1.807, 2.05) is 37.3 Å². The molecule has 3 rings (SSSR count). The zero-order chi connectivity index (χ0) is 20.1. The van der Waals surface area contributed by atoms with Gasteiger partial charge in [0.1, 0.15) is 0 Å². The normalized spacial score (nSPS) is 10.6. The zero-order valence-corrected chi connectivity index (χ0v) is 16.1. The third-order valence-corrected chi connectivity index (χ3v) is 4.60. The monoisotopic (exact) mass is 376 g/mol. The lowest BCUT2D eigenvalue weighted by Gasteiger charge is -2.14. The van der Waals surface area contributed by atoms with E-state index in [4.69, 9.17) is 10.7 Å². The second-order valence-electron chi connectivity index (χ2n) is 6.66. The van der Waals surface area contributed by atoms with Crippen molar-refractivity contribution in [3.05, 3.63) is 59.7 Å². The highest BCUT2D eigenvalue weighted by molar-refractivity contribution is 6.09. The predicted molar refractivity (Wildman–Crippen MR) is 112 cm³/mol. The number of benzene rings is 2. The summed E-state index contributed by atoms with van der Waals surface area (Å²) in [5, 5.41) is 6.22. The molecule has 4 N–H and O–H groups in total. The lowest BCUT2D eigenvalue weighted by atomic mass is 9.97. The third-order valence-electron chi connectivity index (χ3n) is 4.60. The van der Waals surface area contributed by atoms with E-state index >= 15 is 0 Å². The van der Waals surface area contributed by atoms with E-state index in [0.717, 1.165) is 29.7 Å². The Hall–Kier alpha value is -3.41. The largest absolute Gasteiger partial charge is 0.366 e. The predicted octanol–water partition coefficient (Wildman–Crippen LogP) is 4.23. The Morgan fingerprint density at radius 2 is 1.86 bits per heavy atom. The molecule has 0 aliphatic heterocycles. The Morgan fingerprint density at radius 3 is 2.54 bits per heavy atom. The molecule has 0 unspecified atom stereocenters. The second kappa shape index (κ2) is 8.52. The summed E-state index contributed by atoms with van der Waals surface area (Å²) in [6.07, 6.45) is 1.93. The van der Waals surface area contributed by atoms with E-state index in [1.54, 1.807) is 18.2 Å². The lowest BCUT2D eigenvalue weighted by molar-refractivity contribution is 0.100. The highest BCUT2D eigenvalue weighted by atomic mass is 16.2. The van der Waals surface area contributed by atoms with Gasteiger partial charge in [0.2, 0.25) is 5.91 Å². The summed E-state index contributed by atoms with van der Waals surface area (Å²) in [5.74, 6) is -0.522. The van der Waals surface area contributed by atoms with E-state index < -0.39 is 5.91 Å². The fourth-order valence-electron chi connectivity index (χ4n) is 3.18. The van der Waals surface area contributed by atoms with Crippen LogP contribution in [-0.2, 0) is 0 Å². The van der Waals surface area contributed by atoms with Crippen LogP contribution >= 0.6 is 0 Å². The van der Waals surface area contributed by atoms with Crippen LogP contribution in [0.5, 0.6) is 0 Å². The van der Waals surface area contributed by atoms with Crippen molar-refractivity contribution in [2.75, 3.05) is 11.9 Å². The van der Waals surface area contributed by atoms with E-state index in [-0.39, 0.29) is 6.03 Å². The van der Waals surface area contributed by atoms with Crippen LogP contribution in [0.1, 0.15) is 35.7 Å². The van der Waals surface area contributed by atoms with E-state index in [1.165, 1.54) is 0 Å². The number of carbonyl (C=O) groups is 2. The Morgan fingerprint density at radius 1 is 1.11 bits per heavy atom. The van der Waals surface area contributed by atoms with Gasteiger partial charge in [0, 0.05) is 23.2 Å². The Labute approximate surface area is 164 Å². The first-order chi connectivity index (χ1) is 13.5. The minimum Gasteiger partial charge on any atom is -0.366 e. The molecule has 3 amide bonds. The van der Waals surface area contributed by atoms with Gasteiger partial charge in [-0.2, -0.15) is 0 Å². The summed E-state index contributed by atoms with van der Waals surface area (Å²) < 4.78 is 0. The van der Waals surface area contributed by atoms with Crippen molar-refractivity contribution in [3.63, 3.8) is 0 Å². The van der Waals surface area contributed by atoms with Crippen molar-refractivity contribution in [1.82, 2.24) is 10.3 Å². The number of aromatic nitrogens is 1. The average Bonchev–Trinajstić information content (AvgIpc) is 2.68. The molecule has 2 aromatic carbocycles. The van der Waals surface area contributed by atoms with Crippen LogP contribution in [0.2, 0.25) is 0 Å². The molecule has 0 radical (unpaired) electrons. The average molecular weight is 376 g/mol. The number of pyridine rings is 1. The smallest absolute Gasteiger partial charge is 0.319 e. The quantitative estimate of drug-likeness (QED) is 0.562. The highest BCUT2D eigenvalue weighted by Gasteiger charge is 2.17. The van der Waals surface area contributed by atoms with Gasteiger partial charge in [-0.25, -0.2) is 9.78 Å². The number of unbranched alkanes of at least 4 members (excludes halogenated alkanes) is 1. The molecule has 0 aliphatic carbocycles. The second-order valence-corrected chi connectivity index (χ2v) is 6.66. The molecule has 0 bridgehead atoms. The summed E-state index contributed by atoms with van der Waals surface area (Å²) in [4.78, 5) is 29.0. The maximum atomic E-state index is 12.2. The molecule has 144 valence electrons. The summed E-state index contributed by atoms with van der Waals surface area (Å²) in [5.41, 5.74) is 9.70. The molecule has 0 aliphatic rings. The zero-order valence-electron chi connectivity index (χ0n) is 16.1. The van der Waals surface area contributed by atoms with Crippen molar-refractivity contribution in [2.45, 2.75) is 26.7 Å². The number of hydrogen-bond acceptors (Lipinski definition) is 3. The fourth-order valence-corrected chi connectivity index (χ4v) is 3.18. The van der Waals surface area contributed by atoms with Gasteiger partial charge in [-0.05, 0) is 37.1 Å². The number of hydrogen-bond donors (Lipinski definition) is 3. The van der Waals surface area contributed by atoms with Gasteiger partial charge in [0.25, 0.3) is 0 Å². The van der Waals surface area contributed by atoms with Crippen LogP contribution in [0.15, 0.2) is 48.5 Å². The Kier molecular flexibility index (Phi) is 5.89. The molecule has 28 heavy (non-hydrogen) atoms. The molecule has 1 aromatic heterocycles. The summed E-state index contributed by atoms with van der Waals surface area (Å²) >= 11 is 0. The molecule has 6 nitrogen and oxygen atoms in total. The first-order valence-corrected chi connectivity index (χ1v) is 9.35. The Bertz CT molecular complexity index is 1020. The van der Waals surface area contributed by atoms with Gasteiger partial charge < -0.3 is 16.4 Å². The number of anilines is 1. The van der Waals surface area contributed by atoms with Gasteiger partial charge in [-0.3, -0.25) is 4.79 Å². The van der Waals surface area contributed by atoms with Crippen LogP contribution in [-0.4, -0.2) is 23.5 Å². The van der Waals surface area contributed by atoms with Gasteiger partial charge in [-0.1, -0.05) is 43.7 Å². The molecule has 3 aromatic rings. The standard InChI is InChI=1S/C22H24N4O2/c1-3-4-12-24-22(28)25-16-10-11-18-17(13-16)19(21(23)27)14(2)20(26-18)15-8-6-5-7-9-15/h5-11,13H,3-4,12H2,1-2H3,(H2,23,27)(H2,24,25,28). The number of rotatable bonds is 6. The van der Waals surface area contributed by atoms with E-state index in [2.05, 4.69) is 17.6 Å². The van der Waals surface area contributed by atoms with Crippen molar-refractivity contribution < 1.29 is 9.59 Å². The fraction of sp³-hybridized carbons (Fsp3) is 0.227. The Balaban J connectivity index is 2.02. The number of nitrogens with one attached hydrogen (secondary N) is 2. The highest BCUT2D eigenvalue weighted by Crippen LogP contribution is 2.30. The maximum absolute atomic E-state index is 12.2. The van der Waals surface area contributed by atoms with Crippen molar-refractivity contribution in [3.8, 4) is 11.3 Å².